The van der Waals surface area contributed by atoms with Gasteiger partial charge in [-0.15, -0.1) is 0 Å². The molecule has 12 nitrogen and oxygen atoms in total. The van der Waals surface area contributed by atoms with E-state index in [0.717, 1.165) is 0 Å². The lowest BCUT2D eigenvalue weighted by Crippen LogP contribution is -2.37. The average Bonchev–Trinajstić information content (AvgIpc) is 3.17. The zero-order valence-electron chi connectivity index (χ0n) is 14.4. The molecular formula is C15H23N7O5. The first-order valence-corrected chi connectivity index (χ1v) is 8.48. The molecule has 3 rings (SSSR count). The van der Waals surface area contributed by atoms with Crippen LogP contribution in [0.1, 0.15) is 25.5 Å². The molecule has 148 valence electrons. The summed E-state index contributed by atoms with van der Waals surface area (Å²) in [5.74, 6) is -0.900. The standard InChI is InChI=1S/C15H23N7O5/c16-6(1-2-7(17)15(25)26)3-8-10(23)11(24)14(27-8)22-5-21-9-12(18)19-4-20-13(9)22/h4-8,10-11,14,23-24H,1-3,16-17H2,(H,25,26)(H2,18,19,20)/t6-,7-,8+,10?,11?,14+/m0/s1. The molecule has 3 heterocycles. The van der Waals surface area contributed by atoms with Crippen LogP contribution in [0.15, 0.2) is 12.7 Å². The van der Waals surface area contributed by atoms with Gasteiger partial charge in [0.25, 0.3) is 0 Å². The summed E-state index contributed by atoms with van der Waals surface area (Å²) in [5.41, 5.74) is 18.0. The summed E-state index contributed by atoms with van der Waals surface area (Å²) >= 11 is 0. The maximum atomic E-state index is 10.8. The van der Waals surface area contributed by atoms with Gasteiger partial charge < -0.3 is 37.3 Å². The molecule has 9 N–H and O–H groups in total. The van der Waals surface area contributed by atoms with E-state index in [1.54, 1.807) is 0 Å². The van der Waals surface area contributed by atoms with E-state index in [4.69, 9.17) is 27.0 Å². The molecule has 27 heavy (non-hydrogen) atoms. The van der Waals surface area contributed by atoms with Crippen LogP contribution in [0.4, 0.5) is 5.82 Å². The second-order valence-corrected chi connectivity index (χ2v) is 6.65. The van der Waals surface area contributed by atoms with Gasteiger partial charge >= 0.3 is 5.97 Å². The number of carboxylic acids is 1. The number of aliphatic carboxylic acids is 1. The summed E-state index contributed by atoms with van der Waals surface area (Å²) in [4.78, 5) is 22.8. The lowest BCUT2D eigenvalue weighted by Gasteiger charge is -2.20. The Balaban J connectivity index is 1.68. The number of hydrogen-bond donors (Lipinski definition) is 6. The number of carboxylic acid groups (broad SMARTS) is 1. The SMILES string of the molecule is Nc1ncnc2c1ncn2[C@@H]1O[C@H](C[C@@H](N)CC[C@H](N)C(=O)O)C(O)C1O. The normalized spacial score (nSPS) is 27.7. The average molecular weight is 381 g/mol. The van der Waals surface area contributed by atoms with Crippen molar-refractivity contribution in [2.24, 2.45) is 11.5 Å². The molecule has 1 aliphatic rings. The molecule has 0 radical (unpaired) electrons. The molecule has 0 spiro atoms. The highest BCUT2D eigenvalue weighted by Gasteiger charge is 2.44. The van der Waals surface area contributed by atoms with Crippen LogP contribution in [0.3, 0.4) is 0 Å². The zero-order valence-corrected chi connectivity index (χ0v) is 14.4. The molecule has 0 amide bonds. The van der Waals surface area contributed by atoms with Gasteiger partial charge in [0.2, 0.25) is 0 Å². The molecule has 2 unspecified atom stereocenters. The molecular weight excluding hydrogens is 358 g/mol. The van der Waals surface area contributed by atoms with E-state index in [1.807, 2.05) is 0 Å². The van der Waals surface area contributed by atoms with E-state index < -0.39 is 42.6 Å². The molecule has 1 fully saturated rings. The number of nitrogen functional groups attached to an aromatic ring is 1. The van der Waals surface area contributed by atoms with Crippen molar-refractivity contribution in [3.8, 4) is 0 Å². The lowest BCUT2D eigenvalue weighted by molar-refractivity contribution is -0.138. The summed E-state index contributed by atoms with van der Waals surface area (Å²) in [7, 11) is 0. The minimum absolute atomic E-state index is 0.195. The van der Waals surface area contributed by atoms with Crippen LogP contribution in [-0.4, -0.2) is 71.2 Å². The van der Waals surface area contributed by atoms with Crippen molar-refractivity contribution in [2.75, 3.05) is 5.73 Å². The number of anilines is 1. The smallest absolute Gasteiger partial charge is 0.320 e. The molecule has 12 heteroatoms. The molecule has 0 bridgehead atoms. The van der Waals surface area contributed by atoms with Crippen molar-refractivity contribution in [1.82, 2.24) is 19.5 Å². The van der Waals surface area contributed by atoms with Gasteiger partial charge in [-0.25, -0.2) is 15.0 Å². The number of nitrogens with two attached hydrogens (primary N) is 3. The Morgan fingerprint density at radius 1 is 1.22 bits per heavy atom. The maximum Gasteiger partial charge on any atom is 0.320 e. The fourth-order valence-electron chi connectivity index (χ4n) is 3.14. The summed E-state index contributed by atoms with van der Waals surface area (Å²) < 4.78 is 7.28. The first-order valence-electron chi connectivity index (χ1n) is 8.48. The summed E-state index contributed by atoms with van der Waals surface area (Å²) in [5, 5.41) is 29.5. The molecule has 0 saturated carbocycles. The summed E-state index contributed by atoms with van der Waals surface area (Å²) in [6.45, 7) is 0. The van der Waals surface area contributed by atoms with Crippen molar-refractivity contribution < 1.29 is 24.9 Å². The highest BCUT2D eigenvalue weighted by atomic mass is 16.6. The molecule has 0 aromatic carbocycles. The quantitative estimate of drug-likeness (QED) is 0.307. The van der Waals surface area contributed by atoms with Crippen LogP contribution in [0, 0.1) is 0 Å². The van der Waals surface area contributed by atoms with Gasteiger partial charge in [0.05, 0.1) is 12.4 Å². The molecule has 1 aliphatic heterocycles. The van der Waals surface area contributed by atoms with Crippen LogP contribution in [-0.2, 0) is 9.53 Å². The number of aromatic nitrogens is 4. The molecule has 2 aromatic heterocycles. The number of imidazole rings is 1. The Hall–Kier alpha value is -2.38. The minimum Gasteiger partial charge on any atom is -0.480 e. The zero-order chi connectivity index (χ0) is 19.7. The van der Waals surface area contributed by atoms with Gasteiger partial charge in [-0.3, -0.25) is 9.36 Å². The fourth-order valence-corrected chi connectivity index (χ4v) is 3.14. The number of carbonyl (C=O) groups is 1. The molecule has 1 saturated heterocycles. The number of hydrogen-bond acceptors (Lipinski definition) is 10. The number of aliphatic hydroxyl groups is 2. The van der Waals surface area contributed by atoms with E-state index >= 15 is 0 Å². The second-order valence-electron chi connectivity index (χ2n) is 6.65. The van der Waals surface area contributed by atoms with Crippen LogP contribution in [0.25, 0.3) is 11.2 Å². The van der Waals surface area contributed by atoms with Gasteiger partial charge in [-0.1, -0.05) is 0 Å². The number of fused-ring (bicyclic) bond motifs is 1. The largest absolute Gasteiger partial charge is 0.480 e. The van der Waals surface area contributed by atoms with E-state index in [9.17, 15) is 15.0 Å². The van der Waals surface area contributed by atoms with Crippen molar-refractivity contribution in [3.05, 3.63) is 12.7 Å². The Bertz CT molecular complexity index is 815. The summed E-state index contributed by atoms with van der Waals surface area (Å²) in [6.07, 6.45) is -0.604. The Morgan fingerprint density at radius 3 is 2.67 bits per heavy atom. The first-order chi connectivity index (χ1) is 12.8. The van der Waals surface area contributed by atoms with Crippen LogP contribution < -0.4 is 17.2 Å². The third-order valence-corrected chi connectivity index (χ3v) is 4.70. The predicted molar refractivity (Wildman–Crippen MR) is 93.1 cm³/mol. The molecule has 6 atom stereocenters. The Morgan fingerprint density at radius 2 is 1.96 bits per heavy atom. The third kappa shape index (κ3) is 3.84. The number of nitrogens with zero attached hydrogens (tertiary/aromatic N) is 4. The first kappa shape index (κ1) is 19.4. The Kier molecular flexibility index (Phi) is 5.53. The highest BCUT2D eigenvalue weighted by Crippen LogP contribution is 2.33. The Labute approximate surface area is 154 Å². The molecule has 2 aromatic rings. The van der Waals surface area contributed by atoms with Crippen LogP contribution >= 0.6 is 0 Å². The number of aliphatic hydroxyl groups excluding tert-OH is 2. The fraction of sp³-hybridized carbons (Fsp3) is 0.600. The van der Waals surface area contributed by atoms with Gasteiger partial charge in [0.1, 0.15) is 30.1 Å². The van der Waals surface area contributed by atoms with Gasteiger partial charge in [-0.05, 0) is 19.3 Å². The van der Waals surface area contributed by atoms with Crippen molar-refractivity contribution in [3.63, 3.8) is 0 Å². The van der Waals surface area contributed by atoms with Crippen LogP contribution in [0.5, 0.6) is 0 Å². The summed E-state index contributed by atoms with van der Waals surface area (Å²) in [6, 6.07) is -1.44. The van der Waals surface area contributed by atoms with Crippen molar-refractivity contribution in [2.45, 2.75) is 55.9 Å². The monoisotopic (exact) mass is 381 g/mol. The topological polar surface area (TPSA) is 209 Å². The van der Waals surface area contributed by atoms with Gasteiger partial charge in [0.15, 0.2) is 17.7 Å². The van der Waals surface area contributed by atoms with E-state index in [-0.39, 0.29) is 18.7 Å². The maximum absolute atomic E-state index is 10.8. The van der Waals surface area contributed by atoms with E-state index in [1.165, 1.54) is 17.2 Å². The van der Waals surface area contributed by atoms with E-state index in [0.29, 0.717) is 17.6 Å². The van der Waals surface area contributed by atoms with Crippen molar-refractivity contribution >= 4 is 23.0 Å². The minimum atomic E-state index is -1.22. The third-order valence-electron chi connectivity index (χ3n) is 4.70. The highest BCUT2D eigenvalue weighted by molar-refractivity contribution is 5.81. The van der Waals surface area contributed by atoms with E-state index in [2.05, 4.69) is 15.0 Å². The van der Waals surface area contributed by atoms with Gasteiger partial charge in [-0.2, -0.15) is 0 Å². The molecule has 0 aliphatic carbocycles. The second kappa shape index (κ2) is 7.70. The van der Waals surface area contributed by atoms with Crippen LogP contribution in [0.2, 0.25) is 0 Å². The number of rotatable bonds is 7. The van der Waals surface area contributed by atoms with Crippen molar-refractivity contribution in [1.29, 1.82) is 0 Å². The predicted octanol–water partition coefficient (Wildman–Crippen LogP) is -2.06. The lowest BCUT2D eigenvalue weighted by atomic mass is 9.98. The number of ether oxygens (including phenoxy) is 1. The van der Waals surface area contributed by atoms with Gasteiger partial charge in [0, 0.05) is 6.04 Å².